The van der Waals surface area contributed by atoms with Crippen molar-refractivity contribution in [2.24, 2.45) is 17.6 Å². The van der Waals surface area contributed by atoms with Gasteiger partial charge in [0.15, 0.2) is 0 Å². The maximum Gasteiger partial charge on any atom is 0.250 e. The molecule has 34 heavy (non-hydrogen) atoms. The van der Waals surface area contributed by atoms with E-state index in [1.54, 1.807) is 30.3 Å². The number of carbonyl (C=O) groups excluding carboxylic acids is 4. The lowest BCUT2D eigenvalue weighted by atomic mass is 9.76. The van der Waals surface area contributed by atoms with Crippen molar-refractivity contribution in [1.82, 2.24) is 5.32 Å². The van der Waals surface area contributed by atoms with Crippen molar-refractivity contribution < 1.29 is 19.2 Å². The van der Waals surface area contributed by atoms with Gasteiger partial charge < -0.3 is 11.1 Å². The maximum atomic E-state index is 13.8. The van der Waals surface area contributed by atoms with Gasteiger partial charge in [-0.05, 0) is 48.7 Å². The predicted molar refractivity (Wildman–Crippen MR) is 127 cm³/mol. The monoisotopic (exact) mass is 480 g/mol. The summed E-state index contributed by atoms with van der Waals surface area (Å²) in [5.74, 6) is -3.98. The summed E-state index contributed by atoms with van der Waals surface area (Å²) in [5, 5.41) is 6.35. The zero-order chi connectivity index (χ0) is 24.2. The summed E-state index contributed by atoms with van der Waals surface area (Å²) < 4.78 is 0. The molecule has 0 saturated carbocycles. The summed E-state index contributed by atoms with van der Waals surface area (Å²) in [6, 6.07) is 11.5. The Balaban J connectivity index is 1.59. The number of hydrogen-bond acceptors (Lipinski definition) is 5. The molecule has 0 radical (unpaired) electrons. The number of rotatable bonds is 6. The first kappa shape index (κ1) is 22.6. The van der Waals surface area contributed by atoms with Crippen LogP contribution in [0.25, 0.3) is 0 Å². The number of benzene rings is 2. The molecule has 1 spiro atoms. The molecule has 3 aliphatic rings. The number of aryl methyl sites for hydroxylation is 1. The highest BCUT2D eigenvalue weighted by Gasteiger charge is 2.70. The number of hydrogen-bond donors (Lipinski definition) is 3. The van der Waals surface area contributed by atoms with E-state index in [0.717, 1.165) is 29.7 Å². The van der Waals surface area contributed by atoms with Crippen LogP contribution in [-0.2, 0) is 31.1 Å². The van der Waals surface area contributed by atoms with Gasteiger partial charge in [-0.3, -0.25) is 24.5 Å². The van der Waals surface area contributed by atoms with Crippen LogP contribution >= 0.6 is 11.6 Å². The molecular formula is C25H25ClN4O4. The fourth-order valence-electron chi connectivity index (χ4n) is 5.61. The molecule has 2 aromatic carbocycles. The zero-order valence-corrected chi connectivity index (χ0v) is 19.4. The Morgan fingerprint density at radius 1 is 1.12 bits per heavy atom. The molecule has 2 aromatic rings. The number of anilines is 2. The van der Waals surface area contributed by atoms with Crippen LogP contribution in [-0.4, -0.2) is 29.7 Å². The third-order valence-corrected chi connectivity index (χ3v) is 7.35. The number of nitrogens with one attached hydrogen (secondary N) is 2. The summed E-state index contributed by atoms with van der Waals surface area (Å²) in [7, 11) is 0. The minimum Gasteiger partial charge on any atom is -0.370 e. The minimum absolute atomic E-state index is 0.186. The standard InChI is InChI=1S/C25H25ClN4O4/c1-2-3-4-13-5-8-15(9-6-13)30-22(32)20-18(12-19(27)31)29-25(21(20)23(30)33)16-11-14(26)7-10-17(16)28-24(25)34/h5-11,18,20-21,29H,2-4,12H2,1H3,(H2,27,31)(H,28,34). The van der Waals surface area contributed by atoms with Crippen molar-refractivity contribution >= 4 is 46.6 Å². The van der Waals surface area contributed by atoms with E-state index in [1.807, 2.05) is 12.1 Å². The Morgan fingerprint density at radius 2 is 1.85 bits per heavy atom. The normalized spacial score (nSPS) is 27.3. The van der Waals surface area contributed by atoms with Gasteiger partial charge in [-0.15, -0.1) is 0 Å². The lowest BCUT2D eigenvalue weighted by Gasteiger charge is -2.29. The van der Waals surface area contributed by atoms with Crippen LogP contribution in [0.1, 0.15) is 37.3 Å². The molecule has 176 valence electrons. The minimum atomic E-state index is -1.52. The Hall–Kier alpha value is -3.23. The molecule has 4 amide bonds. The van der Waals surface area contributed by atoms with Crippen molar-refractivity contribution in [3.63, 3.8) is 0 Å². The summed E-state index contributed by atoms with van der Waals surface area (Å²) >= 11 is 6.23. The Morgan fingerprint density at radius 3 is 2.53 bits per heavy atom. The number of imide groups is 1. The van der Waals surface area contributed by atoms with Gasteiger partial charge >= 0.3 is 0 Å². The van der Waals surface area contributed by atoms with Crippen LogP contribution in [0.5, 0.6) is 0 Å². The highest BCUT2D eigenvalue weighted by atomic mass is 35.5. The average Bonchev–Trinajstić information content (AvgIpc) is 3.37. The molecule has 5 rings (SSSR count). The lowest BCUT2D eigenvalue weighted by Crippen LogP contribution is -2.53. The van der Waals surface area contributed by atoms with Gasteiger partial charge in [-0.2, -0.15) is 0 Å². The van der Waals surface area contributed by atoms with Crippen LogP contribution in [0.3, 0.4) is 0 Å². The second-order valence-corrected chi connectivity index (χ2v) is 9.60. The van der Waals surface area contributed by atoms with E-state index in [4.69, 9.17) is 17.3 Å². The molecule has 2 saturated heterocycles. The molecule has 8 nitrogen and oxygen atoms in total. The third-order valence-electron chi connectivity index (χ3n) is 7.11. The second kappa shape index (κ2) is 8.21. The number of carbonyl (C=O) groups is 4. The number of nitrogens with zero attached hydrogens (tertiary/aromatic N) is 1. The zero-order valence-electron chi connectivity index (χ0n) is 18.6. The Kier molecular flexibility index (Phi) is 5.45. The third kappa shape index (κ3) is 3.24. The van der Waals surface area contributed by atoms with E-state index in [2.05, 4.69) is 17.6 Å². The molecule has 3 heterocycles. The smallest absolute Gasteiger partial charge is 0.250 e. The molecule has 0 aliphatic carbocycles. The average molecular weight is 481 g/mol. The number of halogens is 1. The first-order valence-electron chi connectivity index (χ1n) is 11.4. The van der Waals surface area contributed by atoms with Crippen LogP contribution in [0.15, 0.2) is 42.5 Å². The Labute approximate surface area is 201 Å². The van der Waals surface area contributed by atoms with Gasteiger partial charge in [-0.1, -0.05) is 37.1 Å². The van der Waals surface area contributed by atoms with Crippen molar-refractivity contribution in [1.29, 1.82) is 0 Å². The number of primary amides is 1. The number of amides is 4. The van der Waals surface area contributed by atoms with Gasteiger partial charge in [0, 0.05) is 28.7 Å². The molecule has 3 aliphatic heterocycles. The highest BCUT2D eigenvalue weighted by molar-refractivity contribution is 6.31. The van der Waals surface area contributed by atoms with Gasteiger partial charge in [0.1, 0.15) is 5.54 Å². The first-order valence-corrected chi connectivity index (χ1v) is 11.8. The van der Waals surface area contributed by atoms with Gasteiger partial charge in [0.05, 0.1) is 17.5 Å². The molecule has 4 N–H and O–H groups in total. The highest BCUT2D eigenvalue weighted by Crippen LogP contribution is 2.54. The predicted octanol–water partition coefficient (Wildman–Crippen LogP) is 2.48. The molecule has 4 unspecified atom stereocenters. The second-order valence-electron chi connectivity index (χ2n) is 9.16. The SMILES string of the molecule is CCCCc1ccc(N2C(=O)C3C(CC(N)=O)NC4(C(=O)Nc5ccc(Cl)cc54)C3C2=O)cc1. The fourth-order valence-corrected chi connectivity index (χ4v) is 5.78. The number of nitrogens with two attached hydrogens (primary N) is 1. The van der Waals surface area contributed by atoms with Gasteiger partial charge in [-0.25, -0.2) is 4.90 Å². The van der Waals surface area contributed by atoms with E-state index in [0.29, 0.717) is 22.0 Å². The molecule has 4 atom stereocenters. The van der Waals surface area contributed by atoms with Crippen molar-refractivity contribution in [3.05, 3.63) is 58.6 Å². The number of fused-ring (bicyclic) bond motifs is 4. The molecule has 0 bridgehead atoms. The molecular weight excluding hydrogens is 456 g/mol. The Bertz CT molecular complexity index is 1210. The molecule has 2 fully saturated rings. The largest absolute Gasteiger partial charge is 0.370 e. The van der Waals surface area contributed by atoms with Crippen LogP contribution in [0.2, 0.25) is 5.02 Å². The van der Waals surface area contributed by atoms with Crippen LogP contribution < -0.4 is 21.3 Å². The van der Waals surface area contributed by atoms with Crippen LogP contribution in [0.4, 0.5) is 11.4 Å². The topological polar surface area (TPSA) is 122 Å². The van der Waals surface area contributed by atoms with Crippen molar-refractivity contribution in [3.8, 4) is 0 Å². The summed E-state index contributed by atoms with van der Waals surface area (Å²) in [5.41, 5.74) is 6.52. The van der Waals surface area contributed by atoms with Crippen molar-refractivity contribution in [2.45, 2.75) is 44.2 Å². The maximum absolute atomic E-state index is 13.8. The fraction of sp³-hybridized carbons (Fsp3) is 0.360. The molecule has 0 aromatic heterocycles. The van der Waals surface area contributed by atoms with Gasteiger partial charge in [0.25, 0.3) is 0 Å². The summed E-state index contributed by atoms with van der Waals surface area (Å²) in [6.07, 6.45) is 2.84. The van der Waals surface area contributed by atoms with E-state index < -0.39 is 47.0 Å². The summed E-state index contributed by atoms with van der Waals surface area (Å²) in [4.78, 5) is 53.8. The number of unbranched alkanes of at least 4 members (excludes halogenated alkanes) is 1. The van der Waals surface area contributed by atoms with E-state index >= 15 is 0 Å². The lowest BCUT2D eigenvalue weighted by molar-refractivity contribution is -0.130. The first-order chi connectivity index (χ1) is 16.3. The summed E-state index contributed by atoms with van der Waals surface area (Å²) in [6.45, 7) is 2.12. The quantitative estimate of drug-likeness (QED) is 0.548. The van der Waals surface area contributed by atoms with Crippen molar-refractivity contribution in [2.75, 3.05) is 10.2 Å². The van der Waals surface area contributed by atoms with E-state index in [1.165, 1.54) is 0 Å². The van der Waals surface area contributed by atoms with E-state index in [9.17, 15) is 19.2 Å². The molecule has 9 heteroatoms. The van der Waals surface area contributed by atoms with Crippen LogP contribution in [0, 0.1) is 11.8 Å². The van der Waals surface area contributed by atoms with E-state index in [-0.39, 0.29) is 6.42 Å². The van der Waals surface area contributed by atoms with Gasteiger partial charge in [0.2, 0.25) is 23.6 Å².